The van der Waals surface area contributed by atoms with Crippen LogP contribution in [0.15, 0.2) is 55.1 Å². The zero-order chi connectivity index (χ0) is 14.7. The van der Waals surface area contributed by atoms with E-state index in [1.54, 1.807) is 12.1 Å². The molecule has 0 radical (unpaired) electrons. The van der Waals surface area contributed by atoms with Gasteiger partial charge in [0.15, 0.2) is 0 Å². The van der Waals surface area contributed by atoms with Crippen LogP contribution in [0.5, 0.6) is 0 Å². The minimum atomic E-state index is -0.219. The molecule has 0 unspecified atom stereocenters. The lowest BCUT2D eigenvalue weighted by molar-refractivity contribution is 0.0397. The fourth-order valence-electron chi connectivity index (χ4n) is 2.70. The molecule has 0 bridgehead atoms. The van der Waals surface area contributed by atoms with Crippen molar-refractivity contribution in [1.82, 2.24) is 0 Å². The highest BCUT2D eigenvalue weighted by molar-refractivity contribution is 5.67. The smallest absolute Gasteiger partial charge is 0.123 e. The molecule has 0 N–H and O–H groups in total. The van der Waals surface area contributed by atoms with Crippen LogP contribution in [0.4, 0.5) is 10.1 Å². The Hall–Kier alpha value is -2.13. The summed E-state index contributed by atoms with van der Waals surface area (Å²) in [6.45, 7) is 6.14. The van der Waals surface area contributed by atoms with Crippen molar-refractivity contribution in [2.75, 3.05) is 24.6 Å². The maximum absolute atomic E-state index is 13.0. The minimum Gasteiger partial charge on any atom is -0.370 e. The van der Waals surface area contributed by atoms with Crippen molar-refractivity contribution in [3.05, 3.63) is 72.1 Å². The van der Waals surface area contributed by atoms with Crippen molar-refractivity contribution < 1.29 is 9.13 Å². The van der Waals surface area contributed by atoms with Gasteiger partial charge in [0, 0.05) is 18.8 Å². The van der Waals surface area contributed by atoms with Crippen LogP contribution >= 0.6 is 0 Å². The molecule has 1 heterocycles. The summed E-state index contributed by atoms with van der Waals surface area (Å²) in [5, 5.41) is 0. The van der Waals surface area contributed by atoms with Crippen molar-refractivity contribution in [3.8, 4) is 0 Å². The van der Waals surface area contributed by atoms with Gasteiger partial charge in [-0.1, -0.05) is 43.0 Å². The summed E-state index contributed by atoms with van der Waals surface area (Å²) < 4.78 is 18.9. The Morgan fingerprint density at radius 2 is 1.90 bits per heavy atom. The quantitative estimate of drug-likeness (QED) is 0.842. The zero-order valence-electron chi connectivity index (χ0n) is 11.8. The minimum absolute atomic E-state index is 0.0304. The van der Waals surface area contributed by atoms with Crippen LogP contribution in [0.1, 0.15) is 17.2 Å². The first-order valence-corrected chi connectivity index (χ1v) is 7.11. The largest absolute Gasteiger partial charge is 0.370 e. The third-order valence-corrected chi connectivity index (χ3v) is 3.81. The average molecular weight is 283 g/mol. The summed E-state index contributed by atoms with van der Waals surface area (Å²) in [6, 6.07) is 14.8. The number of para-hydroxylation sites is 1. The van der Waals surface area contributed by atoms with E-state index in [1.807, 2.05) is 18.2 Å². The van der Waals surface area contributed by atoms with E-state index in [9.17, 15) is 4.39 Å². The first kappa shape index (κ1) is 13.8. The van der Waals surface area contributed by atoms with Gasteiger partial charge in [0.2, 0.25) is 0 Å². The number of benzene rings is 2. The molecule has 1 aliphatic rings. The maximum Gasteiger partial charge on any atom is 0.123 e. The summed E-state index contributed by atoms with van der Waals surface area (Å²) in [6.07, 6.45) is 1.84. The fourth-order valence-corrected chi connectivity index (χ4v) is 2.70. The van der Waals surface area contributed by atoms with Crippen LogP contribution < -0.4 is 4.90 Å². The van der Waals surface area contributed by atoms with E-state index in [4.69, 9.17) is 4.74 Å². The normalized spacial score (nSPS) is 18.5. The maximum atomic E-state index is 13.0. The lowest BCUT2D eigenvalue weighted by atomic mass is 10.1. The predicted molar refractivity (Wildman–Crippen MR) is 83.8 cm³/mol. The summed E-state index contributed by atoms with van der Waals surface area (Å²) in [5.41, 5.74) is 3.30. The fraction of sp³-hybridized carbons (Fsp3) is 0.222. The van der Waals surface area contributed by atoms with Gasteiger partial charge in [-0.05, 0) is 29.3 Å². The molecule has 0 amide bonds. The molecule has 2 aromatic rings. The van der Waals surface area contributed by atoms with Crippen molar-refractivity contribution in [2.45, 2.75) is 6.10 Å². The first-order valence-electron chi connectivity index (χ1n) is 7.11. The Balaban J connectivity index is 1.82. The Kier molecular flexibility index (Phi) is 4.02. The van der Waals surface area contributed by atoms with E-state index >= 15 is 0 Å². The molecule has 2 aromatic carbocycles. The summed E-state index contributed by atoms with van der Waals surface area (Å²) in [4.78, 5) is 2.30. The number of hydrogen-bond acceptors (Lipinski definition) is 2. The van der Waals surface area contributed by atoms with E-state index in [0.29, 0.717) is 6.61 Å². The summed E-state index contributed by atoms with van der Waals surface area (Å²) in [7, 11) is 0. The second kappa shape index (κ2) is 6.10. The monoisotopic (exact) mass is 283 g/mol. The van der Waals surface area contributed by atoms with Crippen LogP contribution in [0.25, 0.3) is 6.08 Å². The van der Waals surface area contributed by atoms with Gasteiger partial charge in [-0.2, -0.15) is 0 Å². The highest BCUT2D eigenvalue weighted by Gasteiger charge is 2.23. The van der Waals surface area contributed by atoms with E-state index in [-0.39, 0.29) is 11.9 Å². The molecule has 0 aliphatic carbocycles. The van der Waals surface area contributed by atoms with Crippen molar-refractivity contribution >= 4 is 11.8 Å². The summed E-state index contributed by atoms with van der Waals surface area (Å²) >= 11 is 0. The van der Waals surface area contributed by atoms with E-state index in [0.717, 1.165) is 24.2 Å². The van der Waals surface area contributed by atoms with Gasteiger partial charge in [0.05, 0.1) is 6.61 Å². The average Bonchev–Trinajstić information content (AvgIpc) is 2.55. The van der Waals surface area contributed by atoms with Gasteiger partial charge in [-0.3, -0.25) is 0 Å². The third-order valence-electron chi connectivity index (χ3n) is 3.81. The SMILES string of the molecule is C=Cc1ccccc1N1CCO[C@@H](c2ccc(F)cc2)C1. The standard InChI is InChI=1S/C18H18FNO/c1-2-14-5-3-4-6-17(14)20-11-12-21-18(13-20)15-7-9-16(19)10-8-15/h2-10,18H,1,11-13H2/t18-/m1/s1. The number of morpholine rings is 1. The number of rotatable bonds is 3. The second-order valence-electron chi connectivity index (χ2n) is 5.12. The molecule has 1 fully saturated rings. The molecule has 3 rings (SSSR count). The summed E-state index contributed by atoms with van der Waals surface area (Å²) in [5.74, 6) is -0.219. The van der Waals surface area contributed by atoms with Gasteiger partial charge in [0.1, 0.15) is 11.9 Å². The molecule has 0 aromatic heterocycles. The molecule has 0 spiro atoms. The molecule has 1 aliphatic heterocycles. The second-order valence-corrected chi connectivity index (χ2v) is 5.12. The molecule has 2 nitrogen and oxygen atoms in total. The molecular formula is C18H18FNO. The van der Waals surface area contributed by atoms with Crippen LogP contribution in [0.3, 0.4) is 0 Å². The van der Waals surface area contributed by atoms with E-state index in [2.05, 4.69) is 23.6 Å². The first-order chi connectivity index (χ1) is 10.3. The number of nitrogens with zero attached hydrogens (tertiary/aromatic N) is 1. The zero-order valence-corrected chi connectivity index (χ0v) is 11.8. The molecular weight excluding hydrogens is 265 g/mol. The number of halogens is 1. The van der Waals surface area contributed by atoms with E-state index < -0.39 is 0 Å². The predicted octanol–water partition coefficient (Wildman–Crippen LogP) is 4.05. The number of hydrogen-bond donors (Lipinski definition) is 0. The lowest BCUT2D eigenvalue weighted by Crippen LogP contribution is -2.38. The molecule has 3 heteroatoms. The van der Waals surface area contributed by atoms with Crippen molar-refractivity contribution in [1.29, 1.82) is 0 Å². The third kappa shape index (κ3) is 2.98. The Bertz CT molecular complexity index is 623. The number of anilines is 1. The van der Waals surface area contributed by atoms with Gasteiger partial charge in [-0.15, -0.1) is 0 Å². The Labute approximate surface area is 124 Å². The topological polar surface area (TPSA) is 12.5 Å². The lowest BCUT2D eigenvalue weighted by Gasteiger charge is -2.35. The van der Waals surface area contributed by atoms with E-state index in [1.165, 1.54) is 17.8 Å². The molecule has 21 heavy (non-hydrogen) atoms. The van der Waals surface area contributed by atoms with Gasteiger partial charge in [0.25, 0.3) is 0 Å². The van der Waals surface area contributed by atoms with Gasteiger partial charge in [-0.25, -0.2) is 4.39 Å². The highest BCUT2D eigenvalue weighted by Crippen LogP contribution is 2.28. The Morgan fingerprint density at radius 3 is 2.67 bits per heavy atom. The van der Waals surface area contributed by atoms with Gasteiger partial charge >= 0.3 is 0 Å². The van der Waals surface area contributed by atoms with Crippen LogP contribution in [-0.4, -0.2) is 19.7 Å². The number of ether oxygens (including phenoxy) is 1. The van der Waals surface area contributed by atoms with Gasteiger partial charge < -0.3 is 9.64 Å². The molecule has 1 saturated heterocycles. The van der Waals surface area contributed by atoms with Crippen LogP contribution in [0.2, 0.25) is 0 Å². The van der Waals surface area contributed by atoms with Crippen LogP contribution in [-0.2, 0) is 4.74 Å². The molecule has 1 atom stereocenters. The highest BCUT2D eigenvalue weighted by atomic mass is 19.1. The molecule has 108 valence electrons. The Morgan fingerprint density at radius 1 is 1.14 bits per heavy atom. The van der Waals surface area contributed by atoms with Crippen molar-refractivity contribution in [2.24, 2.45) is 0 Å². The van der Waals surface area contributed by atoms with Crippen molar-refractivity contribution in [3.63, 3.8) is 0 Å². The molecule has 0 saturated carbocycles. The van der Waals surface area contributed by atoms with Crippen LogP contribution in [0, 0.1) is 5.82 Å².